The van der Waals surface area contributed by atoms with Crippen molar-refractivity contribution in [3.63, 3.8) is 0 Å². The quantitative estimate of drug-likeness (QED) is 0.725. The summed E-state index contributed by atoms with van der Waals surface area (Å²) in [4.78, 5) is 28.2. The highest BCUT2D eigenvalue weighted by atomic mass is 19.1. The molecule has 2 unspecified atom stereocenters. The van der Waals surface area contributed by atoms with Crippen molar-refractivity contribution < 1.29 is 14.0 Å². The summed E-state index contributed by atoms with van der Waals surface area (Å²) < 4.78 is 13.5. The van der Waals surface area contributed by atoms with Gasteiger partial charge in [-0.3, -0.25) is 9.59 Å². The SMILES string of the molecule is CCc1ccc(C2CC(C(=O)Nc3cccc(F)c3)CN(C(=O)C3CCCC3)C2)cc1. The van der Waals surface area contributed by atoms with Gasteiger partial charge in [0.15, 0.2) is 0 Å². The second-order valence-electron chi connectivity index (χ2n) is 8.95. The van der Waals surface area contributed by atoms with Gasteiger partial charge in [0.05, 0.1) is 5.92 Å². The zero-order valence-corrected chi connectivity index (χ0v) is 18.1. The van der Waals surface area contributed by atoms with Crippen molar-refractivity contribution in [3.8, 4) is 0 Å². The van der Waals surface area contributed by atoms with Crippen molar-refractivity contribution in [2.45, 2.75) is 51.4 Å². The van der Waals surface area contributed by atoms with E-state index in [1.54, 1.807) is 12.1 Å². The number of hydrogen-bond acceptors (Lipinski definition) is 2. The Kier molecular flexibility index (Phi) is 6.69. The summed E-state index contributed by atoms with van der Waals surface area (Å²) in [7, 11) is 0. The highest BCUT2D eigenvalue weighted by molar-refractivity contribution is 5.93. The molecule has 1 saturated heterocycles. The molecule has 2 fully saturated rings. The van der Waals surface area contributed by atoms with Gasteiger partial charge in [0.1, 0.15) is 5.82 Å². The molecule has 0 radical (unpaired) electrons. The van der Waals surface area contributed by atoms with Gasteiger partial charge in [-0.15, -0.1) is 0 Å². The van der Waals surface area contributed by atoms with Crippen LogP contribution in [0, 0.1) is 17.7 Å². The third-order valence-electron chi connectivity index (χ3n) is 6.79. The molecule has 0 spiro atoms. The van der Waals surface area contributed by atoms with Gasteiger partial charge in [0.25, 0.3) is 0 Å². The van der Waals surface area contributed by atoms with Crippen molar-refractivity contribution in [2.24, 2.45) is 11.8 Å². The summed E-state index contributed by atoms with van der Waals surface area (Å²) in [6.45, 7) is 3.22. The lowest BCUT2D eigenvalue weighted by Crippen LogP contribution is -2.48. The lowest BCUT2D eigenvalue weighted by atomic mass is 9.83. The number of amides is 2. The molecule has 2 aromatic carbocycles. The number of benzene rings is 2. The van der Waals surface area contributed by atoms with Gasteiger partial charge >= 0.3 is 0 Å². The van der Waals surface area contributed by atoms with Crippen LogP contribution in [0.3, 0.4) is 0 Å². The molecule has 1 heterocycles. The number of halogens is 1. The number of aryl methyl sites for hydroxylation is 1. The van der Waals surface area contributed by atoms with E-state index in [9.17, 15) is 14.0 Å². The van der Waals surface area contributed by atoms with Crippen molar-refractivity contribution >= 4 is 17.5 Å². The van der Waals surface area contributed by atoms with Gasteiger partial charge in [-0.25, -0.2) is 4.39 Å². The monoisotopic (exact) mass is 422 g/mol. The normalized spacial score (nSPS) is 21.8. The minimum atomic E-state index is -0.381. The third-order valence-corrected chi connectivity index (χ3v) is 6.79. The van der Waals surface area contributed by atoms with Gasteiger partial charge in [-0.05, 0) is 55.0 Å². The fraction of sp³-hybridized carbons (Fsp3) is 0.462. The number of piperidine rings is 1. The first kappa shape index (κ1) is 21.5. The van der Waals surface area contributed by atoms with Crippen molar-refractivity contribution in [3.05, 3.63) is 65.5 Å². The highest BCUT2D eigenvalue weighted by Gasteiger charge is 2.37. The second-order valence-corrected chi connectivity index (χ2v) is 8.95. The summed E-state index contributed by atoms with van der Waals surface area (Å²) in [5.74, 6) is -0.450. The molecule has 4 rings (SSSR count). The van der Waals surface area contributed by atoms with E-state index >= 15 is 0 Å². The molecule has 4 nitrogen and oxygen atoms in total. The zero-order chi connectivity index (χ0) is 21.8. The first-order valence-corrected chi connectivity index (χ1v) is 11.5. The van der Waals surface area contributed by atoms with Crippen LogP contribution in [0.15, 0.2) is 48.5 Å². The van der Waals surface area contributed by atoms with E-state index in [-0.39, 0.29) is 35.4 Å². The Labute approximate surface area is 183 Å². The van der Waals surface area contributed by atoms with Crippen LogP contribution >= 0.6 is 0 Å². The first-order valence-electron chi connectivity index (χ1n) is 11.5. The maximum atomic E-state index is 13.5. The van der Waals surface area contributed by atoms with E-state index in [1.807, 2.05) is 4.90 Å². The summed E-state index contributed by atoms with van der Waals surface area (Å²) in [5.41, 5.74) is 2.90. The minimum absolute atomic E-state index is 0.0909. The van der Waals surface area contributed by atoms with E-state index in [0.717, 1.165) is 32.1 Å². The number of carbonyl (C=O) groups is 2. The Morgan fingerprint density at radius 3 is 2.45 bits per heavy atom. The molecule has 2 aromatic rings. The standard InChI is InChI=1S/C26H31FN2O2/c1-2-18-10-12-19(13-11-18)21-14-22(25(30)28-24-9-5-8-23(27)15-24)17-29(16-21)26(31)20-6-3-4-7-20/h5,8-13,15,20-22H,2-4,6-7,14,16-17H2,1H3,(H,28,30). The predicted molar refractivity (Wildman–Crippen MR) is 120 cm³/mol. The Bertz CT molecular complexity index is 921. The Morgan fingerprint density at radius 2 is 1.77 bits per heavy atom. The van der Waals surface area contributed by atoms with E-state index in [1.165, 1.54) is 23.3 Å². The second kappa shape index (κ2) is 9.63. The largest absolute Gasteiger partial charge is 0.341 e. The fourth-order valence-electron chi connectivity index (χ4n) is 4.98. The molecular formula is C26H31FN2O2. The third kappa shape index (κ3) is 5.15. The Hall–Kier alpha value is -2.69. The summed E-state index contributed by atoms with van der Waals surface area (Å²) in [5, 5.41) is 2.85. The Balaban J connectivity index is 1.54. The van der Waals surface area contributed by atoms with Crippen LogP contribution in [0.25, 0.3) is 0 Å². The molecule has 1 aliphatic heterocycles. The molecule has 1 saturated carbocycles. The number of likely N-dealkylation sites (tertiary alicyclic amines) is 1. The van der Waals surface area contributed by atoms with Gasteiger partial charge < -0.3 is 10.2 Å². The Morgan fingerprint density at radius 1 is 1.03 bits per heavy atom. The molecule has 2 aliphatic rings. The number of hydrogen-bond donors (Lipinski definition) is 1. The first-order chi connectivity index (χ1) is 15.0. The smallest absolute Gasteiger partial charge is 0.229 e. The summed E-state index contributed by atoms with van der Waals surface area (Å²) in [6, 6.07) is 14.5. The maximum Gasteiger partial charge on any atom is 0.229 e. The zero-order valence-electron chi connectivity index (χ0n) is 18.1. The van der Waals surface area contributed by atoms with Crippen molar-refractivity contribution in [1.29, 1.82) is 0 Å². The summed E-state index contributed by atoms with van der Waals surface area (Å²) in [6.07, 6.45) is 5.78. The van der Waals surface area contributed by atoms with Gasteiger partial charge in [-0.1, -0.05) is 50.1 Å². The maximum absolute atomic E-state index is 13.5. The molecule has 0 aromatic heterocycles. The van der Waals surface area contributed by atoms with Crippen LogP contribution in [0.4, 0.5) is 10.1 Å². The number of nitrogens with zero attached hydrogens (tertiary/aromatic N) is 1. The molecule has 0 bridgehead atoms. The number of nitrogens with one attached hydrogen (secondary N) is 1. The topological polar surface area (TPSA) is 49.4 Å². The number of rotatable bonds is 5. The number of carbonyl (C=O) groups excluding carboxylic acids is 2. The predicted octanol–water partition coefficient (Wildman–Crippen LogP) is 5.15. The van der Waals surface area contributed by atoms with Crippen LogP contribution in [0.5, 0.6) is 0 Å². The van der Waals surface area contributed by atoms with Crippen LogP contribution in [-0.2, 0) is 16.0 Å². The van der Waals surface area contributed by atoms with E-state index in [4.69, 9.17) is 0 Å². The van der Waals surface area contributed by atoms with Crippen LogP contribution < -0.4 is 5.32 Å². The molecule has 1 N–H and O–H groups in total. The van der Waals surface area contributed by atoms with Crippen LogP contribution in [0.2, 0.25) is 0 Å². The van der Waals surface area contributed by atoms with Crippen molar-refractivity contribution in [2.75, 3.05) is 18.4 Å². The lowest BCUT2D eigenvalue weighted by Gasteiger charge is -2.38. The van der Waals surface area contributed by atoms with E-state index in [2.05, 4.69) is 36.5 Å². The van der Waals surface area contributed by atoms with Gasteiger partial charge in [0, 0.05) is 30.6 Å². The molecular weight excluding hydrogens is 391 g/mol. The highest BCUT2D eigenvalue weighted by Crippen LogP contribution is 2.34. The fourth-order valence-corrected chi connectivity index (χ4v) is 4.98. The molecule has 2 atom stereocenters. The summed E-state index contributed by atoms with van der Waals surface area (Å²) >= 11 is 0. The lowest BCUT2D eigenvalue weighted by molar-refractivity contribution is -0.138. The average molecular weight is 423 g/mol. The molecule has 164 valence electrons. The number of anilines is 1. The van der Waals surface area contributed by atoms with Crippen molar-refractivity contribution in [1.82, 2.24) is 4.90 Å². The van der Waals surface area contributed by atoms with E-state index in [0.29, 0.717) is 25.2 Å². The average Bonchev–Trinajstić information content (AvgIpc) is 3.33. The van der Waals surface area contributed by atoms with E-state index < -0.39 is 0 Å². The van der Waals surface area contributed by atoms with Gasteiger partial charge in [0.2, 0.25) is 11.8 Å². The van der Waals surface area contributed by atoms with Crippen LogP contribution in [0.1, 0.15) is 56.1 Å². The van der Waals surface area contributed by atoms with Crippen LogP contribution in [-0.4, -0.2) is 29.8 Å². The molecule has 31 heavy (non-hydrogen) atoms. The molecule has 5 heteroatoms. The minimum Gasteiger partial charge on any atom is -0.341 e. The molecule has 2 amide bonds. The van der Waals surface area contributed by atoms with Gasteiger partial charge in [-0.2, -0.15) is 0 Å². The molecule has 1 aliphatic carbocycles.